The Kier molecular flexibility index (Phi) is 5.12. The van der Waals surface area contributed by atoms with Gasteiger partial charge in [0.2, 0.25) is 5.01 Å². The van der Waals surface area contributed by atoms with Gasteiger partial charge in [-0.3, -0.25) is 9.59 Å². The highest BCUT2D eigenvalue weighted by molar-refractivity contribution is 7.13. The number of likely N-dealkylation sites (tertiary alicyclic amines) is 1. The monoisotopic (exact) mass is 396 g/mol. The van der Waals surface area contributed by atoms with Crippen LogP contribution in [-0.2, 0) is 0 Å². The Morgan fingerprint density at radius 2 is 1.82 bits per heavy atom. The molecular formula is C20H17FN4O2S. The van der Waals surface area contributed by atoms with Gasteiger partial charge < -0.3 is 10.2 Å². The number of carbonyl (C=O) groups is 2. The molecule has 1 atom stereocenters. The minimum absolute atomic E-state index is 0.0457. The zero-order valence-corrected chi connectivity index (χ0v) is 15.7. The van der Waals surface area contributed by atoms with Crippen LogP contribution in [0.25, 0.3) is 0 Å². The number of rotatable bonds is 4. The number of carbonyl (C=O) groups excluding carboxylic acids is 2. The first-order valence-corrected chi connectivity index (χ1v) is 9.70. The molecule has 8 heteroatoms. The molecule has 1 aliphatic heterocycles. The van der Waals surface area contributed by atoms with Gasteiger partial charge in [0.25, 0.3) is 11.8 Å². The van der Waals surface area contributed by atoms with Gasteiger partial charge in [0.15, 0.2) is 0 Å². The van der Waals surface area contributed by atoms with Crippen molar-refractivity contribution < 1.29 is 14.0 Å². The van der Waals surface area contributed by atoms with Crippen LogP contribution < -0.4 is 5.32 Å². The van der Waals surface area contributed by atoms with Crippen molar-refractivity contribution in [1.29, 1.82) is 0 Å². The second kappa shape index (κ2) is 7.85. The zero-order chi connectivity index (χ0) is 19.5. The molecular weight excluding hydrogens is 379 g/mol. The Bertz CT molecular complexity index is 991. The van der Waals surface area contributed by atoms with Gasteiger partial charge in [-0.05, 0) is 49.2 Å². The minimum Gasteiger partial charge on any atom is -0.329 e. The maximum Gasteiger partial charge on any atom is 0.286 e. The van der Waals surface area contributed by atoms with E-state index in [1.807, 2.05) is 18.2 Å². The Labute approximate surface area is 165 Å². The van der Waals surface area contributed by atoms with Gasteiger partial charge in [0.05, 0.1) is 6.04 Å². The van der Waals surface area contributed by atoms with Gasteiger partial charge in [0.1, 0.15) is 10.8 Å². The molecule has 1 unspecified atom stereocenters. The van der Waals surface area contributed by atoms with E-state index < -0.39 is 5.91 Å². The lowest BCUT2D eigenvalue weighted by molar-refractivity contribution is 0.0735. The predicted octanol–water partition coefficient (Wildman–Crippen LogP) is 3.91. The molecule has 0 spiro atoms. The molecule has 2 amide bonds. The molecule has 6 nitrogen and oxygen atoms in total. The van der Waals surface area contributed by atoms with Gasteiger partial charge >= 0.3 is 0 Å². The molecule has 1 fully saturated rings. The topological polar surface area (TPSA) is 75.2 Å². The maximum absolute atomic E-state index is 13.0. The summed E-state index contributed by atoms with van der Waals surface area (Å²) >= 11 is 1.17. The van der Waals surface area contributed by atoms with E-state index in [0.717, 1.165) is 12.8 Å². The number of anilines is 1. The van der Waals surface area contributed by atoms with E-state index in [0.29, 0.717) is 22.8 Å². The number of nitrogens with zero attached hydrogens (tertiary/aromatic N) is 3. The fourth-order valence-corrected chi connectivity index (χ4v) is 4.08. The van der Waals surface area contributed by atoms with Crippen molar-refractivity contribution in [3.8, 4) is 0 Å². The number of hydrogen-bond acceptors (Lipinski definition) is 5. The number of nitrogens with one attached hydrogen (secondary N) is 1. The largest absolute Gasteiger partial charge is 0.329 e. The molecule has 2 heterocycles. The summed E-state index contributed by atoms with van der Waals surface area (Å²) in [4.78, 5) is 27.0. The van der Waals surface area contributed by atoms with Gasteiger partial charge in [0, 0.05) is 17.8 Å². The quantitative estimate of drug-likeness (QED) is 0.726. The lowest BCUT2D eigenvalue weighted by atomic mass is 10.2. The van der Waals surface area contributed by atoms with E-state index >= 15 is 0 Å². The molecule has 3 aromatic rings. The van der Waals surface area contributed by atoms with E-state index in [2.05, 4.69) is 15.5 Å². The van der Waals surface area contributed by atoms with E-state index in [4.69, 9.17) is 0 Å². The molecule has 142 valence electrons. The Morgan fingerprint density at radius 3 is 2.57 bits per heavy atom. The highest BCUT2D eigenvalue weighted by Gasteiger charge is 2.33. The highest BCUT2D eigenvalue weighted by Crippen LogP contribution is 2.34. The smallest absolute Gasteiger partial charge is 0.286 e. The van der Waals surface area contributed by atoms with E-state index in [1.165, 1.54) is 35.6 Å². The zero-order valence-electron chi connectivity index (χ0n) is 14.8. The molecule has 1 N–H and O–H groups in total. The summed E-state index contributed by atoms with van der Waals surface area (Å²) in [5.41, 5.74) is 1.11. The van der Waals surface area contributed by atoms with Crippen molar-refractivity contribution in [3.05, 3.63) is 76.0 Å². The number of hydrogen-bond donors (Lipinski definition) is 1. The SMILES string of the molecule is O=C(Nc1ccc(F)cc1)c1nnc(C2CCCN2C(=O)c2ccccc2)s1. The molecule has 1 aromatic heterocycles. The number of aromatic nitrogens is 2. The summed E-state index contributed by atoms with van der Waals surface area (Å²) in [6.45, 7) is 0.648. The fraction of sp³-hybridized carbons (Fsp3) is 0.200. The molecule has 28 heavy (non-hydrogen) atoms. The minimum atomic E-state index is -0.408. The van der Waals surface area contributed by atoms with E-state index in [9.17, 15) is 14.0 Å². The third-order valence-corrected chi connectivity index (χ3v) is 5.58. The van der Waals surface area contributed by atoms with Crippen molar-refractivity contribution in [3.63, 3.8) is 0 Å². The van der Waals surface area contributed by atoms with Crippen molar-refractivity contribution in [1.82, 2.24) is 15.1 Å². The third kappa shape index (κ3) is 3.77. The highest BCUT2D eigenvalue weighted by atomic mass is 32.1. The van der Waals surface area contributed by atoms with E-state index in [-0.39, 0.29) is 22.8 Å². The second-order valence-electron chi connectivity index (χ2n) is 6.43. The van der Waals surface area contributed by atoms with Crippen LogP contribution in [0.3, 0.4) is 0 Å². The maximum atomic E-state index is 13.0. The van der Waals surface area contributed by atoms with Gasteiger partial charge in [-0.25, -0.2) is 4.39 Å². The Balaban J connectivity index is 1.49. The van der Waals surface area contributed by atoms with Crippen LogP contribution >= 0.6 is 11.3 Å². The van der Waals surface area contributed by atoms with Crippen LogP contribution in [0.1, 0.15) is 44.1 Å². The standard InChI is InChI=1S/C20H17FN4O2S/c21-14-8-10-15(11-9-14)22-17(26)19-24-23-18(28-19)16-7-4-12-25(16)20(27)13-5-2-1-3-6-13/h1-3,5-6,8-11,16H,4,7,12H2,(H,22,26). The van der Waals surface area contributed by atoms with Crippen LogP contribution in [-0.4, -0.2) is 33.5 Å². The third-order valence-electron chi connectivity index (χ3n) is 4.56. The van der Waals surface area contributed by atoms with Crippen LogP contribution in [0.15, 0.2) is 54.6 Å². The first-order valence-electron chi connectivity index (χ1n) is 8.88. The summed E-state index contributed by atoms with van der Waals surface area (Å²) in [6, 6.07) is 14.4. The summed E-state index contributed by atoms with van der Waals surface area (Å²) < 4.78 is 13.0. The van der Waals surface area contributed by atoms with Gasteiger partial charge in [-0.15, -0.1) is 10.2 Å². The average molecular weight is 396 g/mol. The molecule has 1 saturated heterocycles. The van der Waals surface area contributed by atoms with Crippen LogP contribution in [0.5, 0.6) is 0 Å². The fourth-order valence-electron chi connectivity index (χ4n) is 3.19. The molecule has 0 saturated carbocycles. The Morgan fingerprint density at radius 1 is 1.07 bits per heavy atom. The second-order valence-corrected chi connectivity index (χ2v) is 7.44. The molecule has 1 aliphatic rings. The Hall–Kier alpha value is -3.13. The van der Waals surface area contributed by atoms with Crippen LogP contribution in [0.4, 0.5) is 10.1 Å². The summed E-state index contributed by atoms with van der Waals surface area (Å²) in [5, 5.41) is 11.7. The van der Waals surface area contributed by atoms with Gasteiger partial charge in [-0.1, -0.05) is 29.5 Å². The average Bonchev–Trinajstić information content (AvgIpc) is 3.39. The van der Waals surface area contributed by atoms with Crippen LogP contribution in [0, 0.1) is 5.82 Å². The van der Waals surface area contributed by atoms with Crippen LogP contribution in [0.2, 0.25) is 0 Å². The normalized spacial score (nSPS) is 16.2. The summed E-state index contributed by atoms with van der Waals surface area (Å²) in [5.74, 6) is -0.828. The number of amides is 2. The van der Waals surface area contributed by atoms with Crippen molar-refractivity contribution in [2.24, 2.45) is 0 Å². The summed E-state index contributed by atoms with van der Waals surface area (Å²) in [7, 11) is 0. The molecule has 2 aromatic carbocycles. The van der Waals surface area contributed by atoms with Crippen molar-refractivity contribution in [2.45, 2.75) is 18.9 Å². The number of benzene rings is 2. The predicted molar refractivity (Wildman–Crippen MR) is 104 cm³/mol. The lowest BCUT2D eigenvalue weighted by Gasteiger charge is -2.22. The number of halogens is 1. The molecule has 0 aliphatic carbocycles. The molecule has 0 radical (unpaired) electrons. The van der Waals surface area contributed by atoms with Crippen molar-refractivity contribution in [2.75, 3.05) is 11.9 Å². The lowest BCUT2D eigenvalue weighted by Crippen LogP contribution is -2.30. The van der Waals surface area contributed by atoms with Crippen molar-refractivity contribution >= 4 is 28.8 Å². The van der Waals surface area contributed by atoms with E-state index in [1.54, 1.807) is 17.0 Å². The molecule has 0 bridgehead atoms. The summed E-state index contributed by atoms with van der Waals surface area (Å²) in [6.07, 6.45) is 1.66. The molecule has 4 rings (SSSR count). The first kappa shape index (κ1) is 18.2. The van der Waals surface area contributed by atoms with Gasteiger partial charge in [-0.2, -0.15) is 0 Å². The first-order chi connectivity index (χ1) is 13.6.